The largest absolute Gasteiger partial charge is 0.391 e. The van der Waals surface area contributed by atoms with Gasteiger partial charge in [0.25, 0.3) is 0 Å². The smallest absolute Gasteiger partial charge is 0.126 e. The van der Waals surface area contributed by atoms with E-state index in [-0.39, 0.29) is 6.04 Å². The highest BCUT2D eigenvalue weighted by Crippen LogP contribution is 2.13. The lowest BCUT2D eigenvalue weighted by Crippen LogP contribution is -2.39. The number of hydrogen-bond donors (Lipinski definition) is 2. The summed E-state index contributed by atoms with van der Waals surface area (Å²) in [4.78, 5) is 0. The summed E-state index contributed by atoms with van der Waals surface area (Å²) in [6.07, 6.45) is 0.376. The van der Waals surface area contributed by atoms with Crippen LogP contribution < -0.4 is 5.32 Å². The molecule has 2 rings (SSSR count). The molecular formula is C19H22F2NO. The third-order valence-electron chi connectivity index (χ3n) is 3.81. The van der Waals surface area contributed by atoms with E-state index in [0.717, 1.165) is 18.1 Å². The van der Waals surface area contributed by atoms with Gasteiger partial charge in [0.1, 0.15) is 11.6 Å². The van der Waals surface area contributed by atoms with Gasteiger partial charge in [-0.15, -0.1) is 0 Å². The fourth-order valence-corrected chi connectivity index (χ4v) is 2.54. The second-order valence-electron chi connectivity index (χ2n) is 5.71. The van der Waals surface area contributed by atoms with Crippen molar-refractivity contribution in [3.63, 3.8) is 0 Å². The maximum absolute atomic E-state index is 13.3. The Morgan fingerprint density at radius 3 is 2.30 bits per heavy atom. The molecule has 2 nitrogen and oxygen atoms in total. The van der Waals surface area contributed by atoms with Crippen LogP contribution in [0.5, 0.6) is 0 Å². The summed E-state index contributed by atoms with van der Waals surface area (Å²) in [5, 5.41) is 13.0. The quantitative estimate of drug-likeness (QED) is 0.820. The SMILES string of the molecule is [CH2]C(O)C(Cc1cc(F)cc(F)c1)NCc1cccc(CC)c1. The Bertz CT molecular complexity index is 623. The lowest BCUT2D eigenvalue weighted by molar-refractivity contribution is 0.167. The van der Waals surface area contributed by atoms with Gasteiger partial charge in [-0.25, -0.2) is 8.78 Å². The van der Waals surface area contributed by atoms with Crippen molar-refractivity contribution in [2.24, 2.45) is 0 Å². The van der Waals surface area contributed by atoms with Crippen LogP contribution >= 0.6 is 0 Å². The second-order valence-corrected chi connectivity index (χ2v) is 5.71. The molecular weight excluding hydrogens is 296 g/mol. The van der Waals surface area contributed by atoms with E-state index in [2.05, 4.69) is 31.3 Å². The van der Waals surface area contributed by atoms with Crippen LogP contribution in [-0.2, 0) is 19.4 Å². The first kappa shape index (κ1) is 17.6. The van der Waals surface area contributed by atoms with Gasteiger partial charge in [0.05, 0.1) is 6.10 Å². The molecule has 0 amide bonds. The van der Waals surface area contributed by atoms with E-state index in [1.54, 1.807) is 0 Å². The Hall–Kier alpha value is -1.78. The van der Waals surface area contributed by atoms with Crippen molar-refractivity contribution >= 4 is 0 Å². The lowest BCUT2D eigenvalue weighted by atomic mass is 10.0. The van der Waals surface area contributed by atoms with Crippen molar-refractivity contribution in [3.05, 3.63) is 77.7 Å². The minimum Gasteiger partial charge on any atom is -0.391 e. The highest BCUT2D eigenvalue weighted by molar-refractivity contribution is 5.24. The number of aliphatic hydroxyl groups is 1. The molecule has 0 bridgehead atoms. The first-order valence-electron chi connectivity index (χ1n) is 7.75. The van der Waals surface area contributed by atoms with Gasteiger partial charge in [0.2, 0.25) is 0 Å². The number of halogens is 2. The summed E-state index contributed by atoms with van der Waals surface area (Å²) in [7, 11) is 0. The summed E-state index contributed by atoms with van der Waals surface area (Å²) in [5.74, 6) is -1.24. The molecule has 0 spiro atoms. The predicted molar refractivity (Wildman–Crippen MR) is 87.9 cm³/mol. The van der Waals surface area contributed by atoms with Crippen molar-refractivity contribution in [1.29, 1.82) is 0 Å². The summed E-state index contributed by atoms with van der Waals surface area (Å²) in [6.45, 7) is 6.28. The molecule has 23 heavy (non-hydrogen) atoms. The van der Waals surface area contributed by atoms with E-state index < -0.39 is 17.7 Å². The fourth-order valence-electron chi connectivity index (χ4n) is 2.54. The van der Waals surface area contributed by atoms with Crippen LogP contribution in [0.25, 0.3) is 0 Å². The Labute approximate surface area is 136 Å². The standard InChI is InChI=1S/C19H22F2NO/c1-3-14-5-4-6-15(7-14)12-22-19(13(2)23)10-16-8-17(20)11-18(21)9-16/h4-9,11,13,19,22-23H,2-3,10,12H2,1H3. The molecule has 1 radical (unpaired) electrons. The van der Waals surface area contributed by atoms with Gasteiger partial charge in [0, 0.05) is 18.7 Å². The van der Waals surface area contributed by atoms with Gasteiger partial charge in [-0.05, 0) is 48.6 Å². The molecule has 4 heteroatoms. The molecule has 0 aliphatic heterocycles. The van der Waals surface area contributed by atoms with Crippen molar-refractivity contribution < 1.29 is 13.9 Å². The number of hydrogen-bond acceptors (Lipinski definition) is 2. The van der Waals surface area contributed by atoms with E-state index >= 15 is 0 Å². The van der Waals surface area contributed by atoms with E-state index in [9.17, 15) is 13.9 Å². The minimum absolute atomic E-state index is 0.298. The Balaban J connectivity index is 2.03. The van der Waals surface area contributed by atoms with Crippen molar-refractivity contribution in [1.82, 2.24) is 5.32 Å². The maximum atomic E-state index is 13.3. The average molecular weight is 318 g/mol. The molecule has 0 saturated carbocycles. The first-order chi connectivity index (χ1) is 11.0. The van der Waals surface area contributed by atoms with E-state index in [1.807, 2.05) is 12.1 Å². The summed E-state index contributed by atoms with van der Waals surface area (Å²) >= 11 is 0. The molecule has 0 aromatic heterocycles. The van der Waals surface area contributed by atoms with Crippen molar-refractivity contribution in [2.75, 3.05) is 0 Å². The fraction of sp³-hybridized carbons (Fsp3) is 0.316. The molecule has 2 aromatic rings. The first-order valence-corrected chi connectivity index (χ1v) is 7.75. The molecule has 2 atom stereocenters. The Morgan fingerprint density at radius 2 is 1.70 bits per heavy atom. The van der Waals surface area contributed by atoms with Crippen LogP contribution in [0.1, 0.15) is 23.6 Å². The van der Waals surface area contributed by atoms with Crippen LogP contribution in [0.4, 0.5) is 8.78 Å². The topological polar surface area (TPSA) is 32.3 Å². The average Bonchev–Trinajstić information content (AvgIpc) is 2.50. The van der Waals surface area contributed by atoms with Crippen LogP contribution in [0, 0.1) is 18.6 Å². The number of rotatable bonds is 7. The van der Waals surface area contributed by atoms with Crippen LogP contribution in [0.2, 0.25) is 0 Å². The lowest BCUT2D eigenvalue weighted by Gasteiger charge is -2.22. The molecule has 123 valence electrons. The van der Waals surface area contributed by atoms with Crippen LogP contribution in [-0.4, -0.2) is 17.3 Å². The molecule has 2 aromatic carbocycles. The van der Waals surface area contributed by atoms with E-state index in [0.29, 0.717) is 18.5 Å². The predicted octanol–water partition coefficient (Wildman–Crippen LogP) is 3.42. The number of nitrogens with one attached hydrogen (secondary N) is 1. The monoisotopic (exact) mass is 318 g/mol. The van der Waals surface area contributed by atoms with Gasteiger partial charge in [0.15, 0.2) is 0 Å². The highest BCUT2D eigenvalue weighted by atomic mass is 19.1. The summed E-state index contributed by atoms with van der Waals surface area (Å²) < 4.78 is 26.6. The normalized spacial score (nSPS) is 13.8. The van der Waals surface area contributed by atoms with Gasteiger partial charge in [-0.2, -0.15) is 0 Å². The molecule has 2 unspecified atom stereocenters. The zero-order valence-electron chi connectivity index (χ0n) is 13.2. The van der Waals surface area contributed by atoms with Gasteiger partial charge in [-0.3, -0.25) is 0 Å². The van der Waals surface area contributed by atoms with Gasteiger partial charge < -0.3 is 10.4 Å². The maximum Gasteiger partial charge on any atom is 0.126 e. The number of aliphatic hydroxyl groups excluding tert-OH is 1. The number of benzene rings is 2. The van der Waals surface area contributed by atoms with Crippen molar-refractivity contribution in [2.45, 2.75) is 38.5 Å². The second kappa shape index (κ2) is 8.18. The third-order valence-corrected chi connectivity index (χ3v) is 3.81. The molecule has 0 aliphatic carbocycles. The van der Waals surface area contributed by atoms with Gasteiger partial charge in [-0.1, -0.05) is 31.2 Å². The van der Waals surface area contributed by atoms with E-state index in [4.69, 9.17) is 0 Å². The van der Waals surface area contributed by atoms with E-state index in [1.165, 1.54) is 17.7 Å². The molecule has 0 aliphatic rings. The highest BCUT2D eigenvalue weighted by Gasteiger charge is 2.16. The summed E-state index contributed by atoms with van der Waals surface area (Å²) in [6, 6.07) is 11.2. The van der Waals surface area contributed by atoms with Crippen LogP contribution in [0.3, 0.4) is 0 Å². The molecule has 2 N–H and O–H groups in total. The summed E-state index contributed by atoms with van der Waals surface area (Å²) in [5.41, 5.74) is 2.83. The van der Waals surface area contributed by atoms with Gasteiger partial charge >= 0.3 is 0 Å². The minimum atomic E-state index is -0.879. The molecule has 0 heterocycles. The molecule has 0 saturated heterocycles. The zero-order valence-corrected chi connectivity index (χ0v) is 13.2. The Kier molecular flexibility index (Phi) is 6.25. The Morgan fingerprint density at radius 1 is 1.04 bits per heavy atom. The van der Waals surface area contributed by atoms with Crippen molar-refractivity contribution in [3.8, 4) is 0 Å². The zero-order chi connectivity index (χ0) is 16.8. The van der Waals surface area contributed by atoms with Crippen LogP contribution in [0.15, 0.2) is 42.5 Å². The third kappa shape index (κ3) is 5.41. The number of aryl methyl sites for hydroxylation is 1. The molecule has 0 fully saturated rings.